The summed E-state index contributed by atoms with van der Waals surface area (Å²) in [4.78, 5) is 2.21. The zero-order chi connectivity index (χ0) is 15.5. The Balaban J connectivity index is 2.24. The van der Waals surface area contributed by atoms with E-state index in [1.807, 2.05) is 0 Å². The van der Waals surface area contributed by atoms with E-state index in [2.05, 4.69) is 24.4 Å². The Hall–Kier alpha value is -1.04. The molecule has 3 nitrogen and oxygen atoms in total. The lowest BCUT2D eigenvalue weighted by Crippen LogP contribution is -2.62. The van der Waals surface area contributed by atoms with E-state index in [4.69, 9.17) is 5.84 Å². The Bertz CT molecular complexity index is 471. The summed E-state index contributed by atoms with van der Waals surface area (Å²) < 4.78 is 27.0. The molecular weight excluding hydrogens is 272 g/mol. The molecule has 0 spiro atoms. The van der Waals surface area contributed by atoms with Gasteiger partial charge < -0.3 is 4.90 Å². The highest BCUT2D eigenvalue weighted by molar-refractivity contribution is 5.21. The molecule has 1 aromatic carbocycles. The van der Waals surface area contributed by atoms with Gasteiger partial charge in [0.15, 0.2) is 0 Å². The fourth-order valence-corrected chi connectivity index (χ4v) is 3.58. The second-order valence-electron chi connectivity index (χ2n) is 6.22. The maximum atomic E-state index is 13.9. The van der Waals surface area contributed by atoms with Gasteiger partial charge in [-0.1, -0.05) is 25.3 Å². The molecule has 118 valence electrons. The van der Waals surface area contributed by atoms with Gasteiger partial charge in [0, 0.05) is 17.6 Å². The summed E-state index contributed by atoms with van der Waals surface area (Å²) in [7, 11) is 4.10. The average molecular weight is 297 g/mol. The molecule has 1 aliphatic rings. The molecule has 0 aliphatic heterocycles. The van der Waals surface area contributed by atoms with Crippen molar-refractivity contribution < 1.29 is 8.78 Å². The van der Waals surface area contributed by atoms with Gasteiger partial charge in [-0.15, -0.1) is 0 Å². The van der Waals surface area contributed by atoms with Gasteiger partial charge in [0.25, 0.3) is 0 Å². The fourth-order valence-electron chi connectivity index (χ4n) is 3.58. The molecule has 0 saturated heterocycles. The summed E-state index contributed by atoms with van der Waals surface area (Å²) in [5.41, 5.74) is 3.31. The Morgan fingerprint density at radius 3 is 2.43 bits per heavy atom. The second-order valence-corrected chi connectivity index (χ2v) is 6.22. The summed E-state index contributed by atoms with van der Waals surface area (Å²) in [6.45, 7) is 0. The van der Waals surface area contributed by atoms with Crippen LogP contribution in [0.5, 0.6) is 0 Å². The average Bonchev–Trinajstić information content (AvgIpc) is 2.47. The molecule has 0 radical (unpaired) electrons. The lowest BCUT2D eigenvalue weighted by molar-refractivity contribution is 0.0565. The Kier molecular flexibility index (Phi) is 5.30. The largest absolute Gasteiger partial charge is 0.302 e. The molecule has 1 unspecified atom stereocenters. The normalized spacial score (nSPS) is 19.7. The van der Waals surface area contributed by atoms with E-state index < -0.39 is 11.6 Å². The van der Waals surface area contributed by atoms with Crippen molar-refractivity contribution in [3.05, 3.63) is 35.4 Å². The van der Waals surface area contributed by atoms with Gasteiger partial charge >= 0.3 is 0 Å². The van der Waals surface area contributed by atoms with E-state index in [9.17, 15) is 8.78 Å². The third-order valence-electron chi connectivity index (χ3n) is 4.90. The molecule has 1 aliphatic carbocycles. The topological polar surface area (TPSA) is 41.3 Å². The molecule has 1 fully saturated rings. The van der Waals surface area contributed by atoms with Gasteiger partial charge in [-0.25, -0.2) is 8.78 Å². The van der Waals surface area contributed by atoms with E-state index in [0.29, 0.717) is 12.0 Å². The van der Waals surface area contributed by atoms with Crippen LogP contribution in [0.1, 0.15) is 37.7 Å². The number of hydrogen-bond donors (Lipinski definition) is 2. The number of nitrogens with zero attached hydrogens (tertiary/aromatic N) is 1. The fraction of sp³-hybridized carbons (Fsp3) is 0.625. The molecule has 5 heteroatoms. The highest BCUT2D eigenvalue weighted by Gasteiger charge is 2.41. The third kappa shape index (κ3) is 3.42. The van der Waals surface area contributed by atoms with Crippen LogP contribution in [0.4, 0.5) is 8.78 Å². The number of nitrogens with two attached hydrogens (primary N) is 1. The van der Waals surface area contributed by atoms with Crippen LogP contribution in [0.2, 0.25) is 0 Å². The maximum absolute atomic E-state index is 13.9. The molecule has 0 amide bonds. The van der Waals surface area contributed by atoms with Crippen LogP contribution in [-0.2, 0) is 6.42 Å². The Morgan fingerprint density at radius 2 is 1.90 bits per heavy atom. The van der Waals surface area contributed by atoms with Crippen LogP contribution in [0.25, 0.3) is 0 Å². The van der Waals surface area contributed by atoms with Gasteiger partial charge in [0.1, 0.15) is 11.6 Å². The van der Waals surface area contributed by atoms with Gasteiger partial charge in [-0.3, -0.25) is 11.3 Å². The standard InChI is InChI=1S/C16H25F2N3/c1-21(2)16(8-4-3-5-9-16)15(20-19)10-12-6-7-13(17)11-14(12)18/h6-7,11,15,20H,3-5,8-10,19H2,1-2H3. The monoisotopic (exact) mass is 297 g/mol. The van der Waals surface area contributed by atoms with Crippen molar-refractivity contribution in [3.63, 3.8) is 0 Å². The zero-order valence-corrected chi connectivity index (χ0v) is 12.8. The van der Waals surface area contributed by atoms with Crippen molar-refractivity contribution in [1.29, 1.82) is 0 Å². The van der Waals surface area contributed by atoms with Crippen LogP contribution >= 0.6 is 0 Å². The Labute approximate surface area is 125 Å². The quantitative estimate of drug-likeness (QED) is 0.648. The van der Waals surface area contributed by atoms with Crippen LogP contribution in [0.15, 0.2) is 18.2 Å². The number of likely N-dealkylation sites (N-methyl/N-ethyl adjacent to an activating group) is 1. The smallest absolute Gasteiger partial charge is 0.129 e. The summed E-state index contributed by atoms with van der Waals surface area (Å²) >= 11 is 0. The van der Waals surface area contributed by atoms with Gasteiger partial charge in [-0.2, -0.15) is 0 Å². The third-order valence-corrected chi connectivity index (χ3v) is 4.90. The minimum atomic E-state index is -0.548. The summed E-state index contributed by atoms with van der Waals surface area (Å²) in [5, 5.41) is 0. The predicted molar refractivity (Wildman–Crippen MR) is 80.7 cm³/mol. The molecule has 0 bridgehead atoms. The molecule has 0 heterocycles. The lowest BCUT2D eigenvalue weighted by Gasteiger charge is -2.48. The number of nitrogens with one attached hydrogen (secondary N) is 1. The maximum Gasteiger partial charge on any atom is 0.129 e. The minimum Gasteiger partial charge on any atom is -0.302 e. The summed E-state index contributed by atoms with van der Waals surface area (Å²) in [5.74, 6) is 4.73. The summed E-state index contributed by atoms with van der Waals surface area (Å²) in [6, 6.07) is 3.69. The van der Waals surface area contributed by atoms with Crippen molar-refractivity contribution in [2.75, 3.05) is 14.1 Å². The first-order valence-corrected chi connectivity index (χ1v) is 7.57. The first kappa shape index (κ1) is 16.3. The molecule has 2 rings (SSSR count). The van der Waals surface area contributed by atoms with Crippen molar-refractivity contribution in [2.24, 2.45) is 5.84 Å². The minimum absolute atomic E-state index is 0.0623. The molecule has 3 N–H and O–H groups in total. The molecule has 0 aromatic heterocycles. The second kappa shape index (κ2) is 6.81. The highest BCUT2D eigenvalue weighted by atomic mass is 19.1. The molecule has 1 aromatic rings. The van der Waals surface area contributed by atoms with Crippen LogP contribution < -0.4 is 11.3 Å². The molecular formula is C16H25F2N3. The van der Waals surface area contributed by atoms with Crippen molar-refractivity contribution >= 4 is 0 Å². The number of halogens is 2. The highest BCUT2D eigenvalue weighted by Crippen LogP contribution is 2.36. The van der Waals surface area contributed by atoms with E-state index >= 15 is 0 Å². The number of hydrogen-bond acceptors (Lipinski definition) is 3. The van der Waals surface area contributed by atoms with E-state index in [0.717, 1.165) is 31.7 Å². The molecule has 21 heavy (non-hydrogen) atoms. The first-order chi connectivity index (χ1) is 9.99. The number of benzene rings is 1. The predicted octanol–water partition coefficient (Wildman–Crippen LogP) is 2.60. The zero-order valence-electron chi connectivity index (χ0n) is 12.8. The van der Waals surface area contributed by atoms with E-state index in [-0.39, 0.29) is 11.6 Å². The van der Waals surface area contributed by atoms with Gasteiger partial charge in [0.2, 0.25) is 0 Å². The first-order valence-electron chi connectivity index (χ1n) is 7.57. The van der Waals surface area contributed by atoms with Crippen molar-refractivity contribution in [1.82, 2.24) is 10.3 Å². The summed E-state index contributed by atoms with van der Waals surface area (Å²) in [6.07, 6.45) is 6.08. The van der Waals surface area contributed by atoms with E-state index in [1.165, 1.54) is 18.6 Å². The lowest BCUT2D eigenvalue weighted by atomic mass is 9.73. The van der Waals surface area contributed by atoms with Crippen LogP contribution in [0.3, 0.4) is 0 Å². The van der Waals surface area contributed by atoms with Crippen LogP contribution in [-0.4, -0.2) is 30.6 Å². The number of hydrazine groups is 1. The molecule has 1 saturated carbocycles. The Morgan fingerprint density at radius 1 is 1.24 bits per heavy atom. The van der Waals surface area contributed by atoms with Gasteiger partial charge in [0.05, 0.1) is 0 Å². The van der Waals surface area contributed by atoms with E-state index in [1.54, 1.807) is 0 Å². The SMILES string of the molecule is CN(C)C1(C(Cc2ccc(F)cc2F)NN)CCCCC1. The number of rotatable bonds is 5. The van der Waals surface area contributed by atoms with Crippen LogP contribution in [0, 0.1) is 11.6 Å². The molecule has 1 atom stereocenters. The van der Waals surface area contributed by atoms with Crippen molar-refractivity contribution in [3.8, 4) is 0 Å². The van der Waals surface area contributed by atoms with Crippen molar-refractivity contribution in [2.45, 2.75) is 50.1 Å². The van der Waals surface area contributed by atoms with Gasteiger partial charge in [-0.05, 0) is 45.0 Å².